The van der Waals surface area contributed by atoms with E-state index in [0.29, 0.717) is 38.6 Å². The Kier molecular flexibility index (Phi) is 5.74. The van der Waals surface area contributed by atoms with Crippen LogP contribution in [0.2, 0.25) is 0 Å². The van der Waals surface area contributed by atoms with Gasteiger partial charge >= 0.3 is 0 Å². The van der Waals surface area contributed by atoms with Gasteiger partial charge in [0, 0.05) is 37.3 Å². The van der Waals surface area contributed by atoms with Crippen molar-refractivity contribution in [1.29, 1.82) is 0 Å². The van der Waals surface area contributed by atoms with E-state index in [2.05, 4.69) is 15.2 Å². The summed E-state index contributed by atoms with van der Waals surface area (Å²) in [7, 11) is 0. The number of nitrogens with two attached hydrogens (primary N) is 1. The van der Waals surface area contributed by atoms with E-state index in [0.717, 1.165) is 12.1 Å². The minimum Gasteiger partial charge on any atom is -0.489 e. The lowest BCUT2D eigenvalue weighted by molar-refractivity contribution is 0.122. The van der Waals surface area contributed by atoms with Crippen molar-refractivity contribution in [3.8, 4) is 17.1 Å². The second-order valence-electron chi connectivity index (χ2n) is 5.61. The molecule has 0 atom stereocenters. The smallest absolute Gasteiger partial charge is 0.245 e. The first-order chi connectivity index (χ1) is 12.6. The zero-order valence-corrected chi connectivity index (χ0v) is 13.8. The van der Waals surface area contributed by atoms with Gasteiger partial charge in [0.15, 0.2) is 5.82 Å². The monoisotopic (exact) mass is 369 g/mol. The van der Waals surface area contributed by atoms with Crippen molar-refractivity contribution in [2.75, 3.05) is 44.4 Å². The van der Waals surface area contributed by atoms with E-state index in [1.807, 2.05) is 4.90 Å². The van der Waals surface area contributed by atoms with Crippen LogP contribution in [0.3, 0.4) is 0 Å². The molecule has 3 rings (SSSR count). The quantitative estimate of drug-likeness (QED) is 0.807. The van der Waals surface area contributed by atoms with Crippen LogP contribution in [-0.2, 0) is 4.74 Å². The highest BCUT2D eigenvalue weighted by Gasteiger charge is 2.21. The van der Waals surface area contributed by atoms with Crippen LogP contribution in [-0.4, -0.2) is 54.6 Å². The van der Waals surface area contributed by atoms with Crippen LogP contribution < -0.4 is 15.4 Å². The summed E-state index contributed by atoms with van der Waals surface area (Å²) in [5.74, 6) is -1.50. The molecule has 1 aromatic heterocycles. The van der Waals surface area contributed by atoms with Gasteiger partial charge in [-0.2, -0.15) is 4.98 Å². The van der Waals surface area contributed by atoms with Gasteiger partial charge in [0.05, 0.1) is 25.1 Å². The van der Waals surface area contributed by atoms with Gasteiger partial charge in [0.1, 0.15) is 24.0 Å². The van der Waals surface area contributed by atoms with Gasteiger partial charge in [-0.3, -0.25) is 5.10 Å². The number of ether oxygens (including phenoxy) is 2. The summed E-state index contributed by atoms with van der Waals surface area (Å²) >= 11 is 0. The molecule has 3 N–H and O–H groups in total. The molecule has 0 radical (unpaired) electrons. The van der Waals surface area contributed by atoms with Crippen LogP contribution in [0.5, 0.6) is 5.75 Å². The Balaban J connectivity index is 1.79. The van der Waals surface area contributed by atoms with Crippen LogP contribution in [0.15, 0.2) is 24.0 Å². The van der Waals surface area contributed by atoms with Crippen molar-refractivity contribution in [3.63, 3.8) is 0 Å². The second kappa shape index (κ2) is 8.19. The number of anilines is 1. The van der Waals surface area contributed by atoms with Gasteiger partial charge in [-0.05, 0) is 0 Å². The summed E-state index contributed by atoms with van der Waals surface area (Å²) in [4.78, 5) is 6.02. The summed E-state index contributed by atoms with van der Waals surface area (Å²) in [6.07, 6.45) is 0.308. The largest absolute Gasteiger partial charge is 0.489 e. The maximum absolute atomic E-state index is 14.4. The number of nitrogens with one attached hydrogen (secondary N) is 1. The molecule has 1 fully saturated rings. The van der Waals surface area contributed by atoms with Gasteiger partial charge in [-0.15, -0.1) is 5.10 Å². The van der Waals surface area contributed by atoms with E-state index in [-0.39, 0.29) is 35.9 Å². The number of hydrogen-bond donors (Lipinski definition) is 2. The first-order valence-electron chi connectivity index (χ1n) is 7.98. The molecule has 0 spiro atoms. The summed E-state index contributed by atoms with van der Waals surface area (Å²) in [5, 5.41) is 6.56. The zero-order chi connectivity index (χ0) is 18.5. The first-order valence-corrected chi connectivity index (χ1v) is 7.98. The molecule has 0 aliphatic carbocycles. The Hall–Kier alpha value is -2.59. The van der Waals surface area contributed by atoms with E-state index in [1.165, 1.54) is 0 Å². The van der Waals surface area contributed by atoms with E-state index in [4.69, 9.17) is 15.2 Å². The Morgan fingerprint density at radius 2 is 2.00 bits per heavy atom. The summed E-state index contributed by atoms with van der Waals surface area (Å²) in [6, 6.07) is 2.00. The van der Waals surface area contributed by atoms with Crippen molar-refractivity contribution in [3.05, 3.63) is 35.7 Å². The highest BCUT2D eigenvalue weighted by atomic mass is 19.1. The molecule has 0 unspecified atom stereocenters. The molecule has 0 amide bonds. The van der Waals surface area contributed by atoms with Crippen molar-refractivity contribution in [2.45, 2.75) is 0 Å². The molecule has 1 saturated heterocycles. The molecule has 26 heavy (non-hydrogen) atoms. The SMILES string of the molecule is NC/C(=C\F)COc1cc(F)c(-c2nc(N3CCOCC3)n[nH]2)c(F)c1. The second-order valence-corrected chi connectivity index (χ2v) is 5.61. The number of nitrogens with zero attached hydrogens (tertiary/aromatic N) is 3. The van der Waals surface area contributed by atoms with Gasteiger partial charge in [-0.1, -0.05) is 0 Å². The fourth-order valence-electron chi connectivity index (χ4n) is 2.44. The van der Waals surface area contributed by atoms with Crippen molar-refractivity contribution in [2.24, 2.45) is 5.73 Å². The number of halogens is 3. The topological polar surface area (TPSA) is 89.3 Å². The summed E-state index contributed by atoms with van der Waals surface area (Å²) in [5.41, 5.74) is 5.13. The first kappa shape index (κ1) is 18.2. The molecular formula is C16H18F3N5O2. The minimum absolute atomic E-state index is 0.0284. The van der Waals surface area contributed by atoms with Crippen molar-refractivity contribution >= 4 is 5.95 Å². The number of benzene rings is 1. The van der Waals surface area contributed by atoms with Crippen LogP contribution in [0.1, 0.15) is 0 Å². The van der Waals surface area contributed by atoms with E-state index in [1.54, 1.807) is 0 Å². The van der Waals surface area contributed by atoms with Gasteiger partial charge < -0.3 is 20.1 Å². The molecule has 0 bridgehead atoms. The Labute approximate surface area is 147 Å². The fourth-order valence-corrected chi connectivity index (χ4v) is 2.44. The molecule has 2 aromatic rings. The maximum Gasteiger partial charge on any atom is 0.245 e. The number of rotatable bonds is 6. The maximum atomic E-state index is 14.4. The van der Waals surface area contributed by atoms with Gasteiger partial charge in [0.25, 0.3) is 0 Å². The fraction of sp³-hybridized carbons (Fsp3) is 0.375. The summed E-state index contributed by atoms with van der Waals surface area (Å²) in [6.45, 7) is 2.02. The third-order valence-electron chi connectivity index (χ3n) is 3.86. The Bertz CT molecular complexity index is 767. The molecule has 7 nitrogen and oxygen atoms in total. The molecule has 10 heteroatoms. The predicted octanol–water partition coefficient (Wildman–Crippen LogP) is 1.78. The molecule has 1 aliphatic rings. The molecular weight excluding hydrogens is 351 g/mol. The molecule has 1 aromatic carbocycles. The van der Waals surface area contributed by atoms with Crippen LogP contribution in [0.25, 0.3) is 11.4 Å². The van der Waals surface area contributed by atoms with E-state index >= 15 is 0 Å². The molecule has 140 valence electrons. The lowest BCUT2D eigenvalue weighted by atomic mass is 10.1. The van der Waals surface area contributed by atoms with Crippen molar-refractivity contribution in [1.82, 2.24) is 15.2 Å². The summed E-state index contributed by atoms with van der Waals surface area (Å²) < 4.78 is 51.6. The number of H-pyrrole nitrogens is 1. The third-order valence-corrected chi connectivity index (χ3v) is 3.86. The minimum atomic E-state index is -0.872. The lowest BCUT2D eigenvalue weighted by Crippen LogP contribution is -2.36. The number of aromatic nitrogens is 3. The third kappa shape index (κ3) is 3.97. The molecule has 2 heterocycles. The van der Waals surface area contributed by atoms with Crippen LogP contribution >= 0.6 is 0 Å². The predicted molar refractivity (Wildman–Crippen MR) is 88.5 cm³/mol. The van der Waals surface area contributed by atoms with Gasteiger partial charge in [-0.25, -0.2) is 13.2 Å². The highest BCUT2D eigenvalue weighted by Crippen LogP contribution is 2.28. The standard InChI is InChI=1S/C16H18F3N5O2/c17-7-10(8-20)9-26-11-5-12(18)14(13(19)6-11)15-21-16(23-22-15)24-1-3-25-4-2-24/h5-7H,1-4,8-9,20H2,(H,21,22,23)/b10-7+. The normalized spacial score (nSPS) is 15.4. The van der Waals surface area contributed by atoms with Crippen LogP contribution in [0.4, 0.5) is 19.1 Å². The zero-order valence-electron chi connectivity index (χ0n) is 13.8. The number of hydrogen-bond acceptors (Lipinski definition) is 6. The Morgan fingerprint density at radius 3 is 2.62 bits per heavy atom. The van der Waals surface area contributed by atoms with E-state index < -0.39 is 11.6 Å². The highest BCUT2D eigenvalue weighted by molar-refractivity contribution is 5.59. The average Bonchev–Trinajstić information content (AvgIpc) is 3.12. The lowest BCUT2D eigenvalue weighted by Gasteiger charge is -2.25. The van der Waals surface area contributed by atoms with E-state index in [9.17, 15) is 13.2 Å². The molecule has 0 saturated carbocycles. The van der Waals surface area contributed by atoms with Crippen LogP contribution in [0, 0.1) is 11.6 Å². The molecule has 1 aliphatic heterocycles. The van der Waals surface area contributed by atoms with Crippen molar-refractivity contribution < 1.29 is 22.6 Å². The number of morpholine rings is 1. The van der Waals surface area contributed by atoms with Gasteiger partial charge in [0.2, 0.25) is 5.95 Å². The number of aromatic amines is 1. The average molecular weight is 369 g/mol. The Morgan fingerprint density at radius 1 is 1.31 bits per heavy atom.